The predicted octanol–water partition coefficient (Wildman–Crippen LogP) is 3.30. The first kappa shape index (κ1) is 16.4. The van der Waals surface area contributed by atoms with Gasteiger partial charge in [0.2, 0.25) is 0 Å². The van der Waals surface area contributed by atoms with Crippen molar-refractivity contribution in [3.8, 4) is 0 Å². The highest BCUT2D eigenvalue weighted by Gasteiger charge is 2.26. The van der Waals surface area contributed by atoms with Gasteiger partial charge >= 0.3 is 5.97 Å². The third-order valence-corrected chi connectivity index (χ3v) is 3.22. The Labute approximate surface area is 106 Å². The van der Waals surface area contributed by atoms with E-state index in [0.717, 1.165) is 44.9 Å². The molecule has 0 fully saturated rings. The average molecular weight is 244 g/mol. The van der Waals surface area contributed by atoms with Crippen molar-refractivity contribution in [3.05, 3.63) is 0 Å². The molecule has 3 heteroatoms. The van der Waals surface area contributed by atoms with Gasteiger partial charge in [0.15, 0.2) is 0 Å². The molecule has 0 saturated heterocycles. The predicted molar refractivity (Wildman–Crippen MR) is 69.8 cm³/mol. The molecule has 0 aromatic rings. The molecule has 0 aliphatic carbocycles. The summed E-state index contributed by atoms with van der Waals surface area (Å²) in [6.45, 7) is 6.68. The van der Waals surface area contributed by atoms with Gasteiger partial charge in [0.25, 0.3) is 0 Å². The lowest BCUT2D eigenvalue weighted by Gasteiger charge is -2.20. The summed E-state index contributed by atoms with van der Waals surface area (Å²) < 4.78 is 5.25. The quantitative estimate of drug-likeness (QED) is 0.474. The Morgan fingerprint density at radius 2 is 1.59 bits per heavy atom. The largest absolute Gasteiger partial charge is 0.465 e. The van der Waals surface area contributed by atoms with E-state index in [9.17, 15) is 4.79 Å². The number of aliphatic hydroxyl groups is 1. The number of hydrogen-bond acceptors (Lipinski definition) is 3. The Morgan fingerprint density at radius 1 is 1.06 bits per heavy atom. The molecule has 102 valence electrons. The number of aliphatic hydroxyl groups excluding tert-OH is 1. The van der Waals surface area contributed by atoms with Gasteiger partial charge in [-0.1, -0.05) is 32.6 Å². The van der Waals surface area contributed by atoms with Crippen LogP contribution in [-0.2, 0) is 9.53 Å². The lowest BCUT2D eigenvalue weighted by Crippen LogP contribution is -2.26. The molecule has 0 unspecified atom stereocenters. The highest BCUT2D eigenvalue weighted by atomic mass is 16.5. The fourth-order valence-electron chi connectivity index (χ4n) is 1.43. The molecule has 3 nitrogen and oxygen atoms in total. The lowest BCUT2D eigenvalue weighted by molar-refractivity contribution is -0.154. The van der Waals surface area contributed by atoms with Crippen LogP contribution in [0.15, 0.2) is 0 Å². The smallest absolute Gasteiger partial charge is 0.311 e. The number of esters is 1. The van der Waals surface area contributed by atoms with Gasteiger partial charge in [0.05, 0.1) is 12.0 Å². The maximum atomic E-state index is 11.6. The molecule has 0 aliphatic rings. The monoisotopic (exact) mass is 244 g/mol. The minimum atomic E-state index is -0.346. The number of hydrogen-bond donors (Lipinski definition) is 1. The van der Waals surface area contributed by atoms with Crippen molar-refractivity contribution in [1.82, 2.24) is 0 Å². The van der Waals surface area contributed by atoms with Crippen LogP contribution in [0.3, 0.4) is 0 Å². The van der Waals surface area contributed by atoms with Crippen LogP contribution in [0.5, 0.6) is 0 Å². The van der Waals surface area contributed by atoms with Crippen LogP contribution in [0.2, 0.25) is 0 Å². The number of rotatable bonds is 10. The van der Waals surface area contributed by atoms with Crippen molar-refractivity contribution in [1.29, 1.82) is 0 Å². The zero-order valence-electron chi connectivity index (χ0n) is 11.6. The van der Waals surface area contributed by atoms with Gasteiger partial charge in [-0.25, -0.2) is 0 Å². The van der Waals surface area contributed by atoms with Crippen molar-refractivity contribution >= 4 is 5.97 Å². The summed E-state index contributed by atoms with van der Waals surface area (Å²) in [4.78, 5) is 11.6. The molecule has 0 bridgehead atoms. The van der Waals surface area contributed by atoms with Crippen molar-refractivity contribution in [2.75, 3.05) is 13.2 Å². The maximum absolute atomic E-state index is 11.6. The Balaban J connectivity index is 3.37. The molecule has 0 heterocycles. The lowest BCUT2D eigenvalue weighted by atomic mass is 9.91. The molecule has 1 N–H and O–H groups in total. The Hall–Kier alpha value is -0.570. The van der Waals surface area contributed by atoms with Gasteiger partial charge in [-0.15, -0.1) is 0 Å². The van der Waals surface area contributed by atoms with Crippen LogP contribution in [-0.4, -0.2) is 24.3 Å². The summed E-state index contributed by atoms with van der Waals surface area (Å²) in [5.41, 5.74) is -0.346. The summed E-state index contributed by atoms with van der Waals surface area (Å²) in [5, 5.41) is 8.61. The van der Waals surface area contributed by atoms with Gasteiger partial charge < -0.3 is 9.84 Å². The third-order valence-electron chi connectivity index (χ3n) is 3.22. The van der Waals surface area contributed by atoms with E-state index in [1.165, 1.54) is 0 Å². The van der Waals surface area contributed by atoms with E-state index in [0.29, 0.717) is 13.2 Å². The van der Waals surface area contributed by atoms with Crippen molar-refractivity contribution in [2.24, 2.45) is 5.41 Å². The number of unbranched alkanes of at least 4 members (excludes halogenated alkanes) is 5. The second-order valence-electron chi connectivity index (χ2n) is 5.22. The summed E-state index contributed by atoms with van der Waals surface area (Å²) in [6, 6.07) is 0. The molecule has 17 heavy (non-hydrogen) atoms. The van der Waals surface area contributed by atoms with Crippen LogP contribution < -0.4 is 0 Å². The van der Waals surface area contributed by atoms with E-state index in [1.54, 1.807) is 0 Å². The van der Waals surface area contributed by atoms with E-state index in [1.807, 2.05) is 20.8 Å². The maximum Gasteiger partial charge on any atom is 0.311 e. The minimum Gasteiger partial charge on any atom is -0.465 e. The average Bonchev–Trinajstić information content (AvgIpc) is 2.32. The van der Waals surface area contributed by atoms with Crippen molar-refractivity contribution < 1.29 is 14.6 Å². The Morgan fingerprint density at radius 3 is 2.12 bits per heavy atom. The molecule has 0 radical (unpaired) electrons. The molecule has 0 amide bonds. The second kappa shape index (κ2) is 9.46. The normalized spacial score (nSPS) is 11.5. The van der Waals surface area contributed by atoms with Gasteiger partial charge in [-0.2, -0.15) is 0 Å². The van der Waals surface area contributed by atoms with Crippen LogP contribution in [0.1, 0.15) is 65.7 Å². The third kappa shape index (κ3) is 8.19. The zero-order chi connectivity index (χ0) is 13.1. The number of carbonyl (C=O) groups excluding carboxylic acids is 1. The van der Waals surface area contributed by atoms with Crippen LogP contribution >= 0.6 is 0 Å². The van der Waals surface area contributed by atoms with Gasteiger partial charge in [0.1, 0.15) is 0 Å². The summed E-state index contributed by atoms with van der Waals surface area (Å²) in [7, 11) is 0. The molecule has 0 atom stereocenters. The molecule has 0 rings (SSSR count). The molecule has 0 aliphatic heterocycles. The first-order valence-electron chi connectivity index (χ1n) is 6.82. The summed E-state index contributed by atoms with van der Waals surface area (Å²) in [5.74, 6) is -0.0831. The van der Waals surface area contributed by atoms with E-state index in [-0.39, 0.29) is 11.4 Å². The van der Waals surface area contributed by atoms with Gasteiger partial charge in [0, 0.05) is 6.61 Å². The molecule has 0 aromatic heterocycles. The molecular formula is C14H28O3. The van der Waals surface area contributed by atoms with E-state index >= 15 is 0 Å². The molecule has 0 spiro atoms. The fraction of sp³-hybridized carbons (Fsp3) is 0.929. The molecular weight excluding hydrogens is 216 g/mol. The fourth-order valence-corrected chi connectivity index (χ4v) is 1.43. The summed E-state index contributed by atoms with van der Waals surface area (Å²) in [6.07, 6.45) is 7.19. The zero-order valence-corrected chi connectivity index (χ0v) is 11.6. The highest BCUT2D eigenvalue weighted by molar-refractivity contribution is 5.75. The number of carbonyl (C=O) groups is 1. The second-order valence-corrected chi connectivity index (χ2v) is 5.22. The highest BCUT2D eigenvalue weighted by Crippen LogP contribution is 2.21. The van der Waals surface area contributed by atoms with Crippen LogP contribution in [0, 0.1) is 5.41 Å². The van der Waals surface area contributed by atoms with Crippen molar-refractivity contribution in [2.45, 2.75) is 65.7 Å². The first-order valence-corrected chi connectivity index (χ1v) is 6.82. The van der Waals surface area contributed by atoms with Gasteiger partial charge in [-0.3, -0.25) is 4.79 Å². The standard InChI is InChI=1S/C14H28O3/c1-4-14(2,3)13(16)17-12-10-8-6-5-7-9-11-15/h15H,4-12H2,1-3H3. The minimum absolute atomic E-state index is 0.0831. The summed E-state index contributed by atoms with van der Waals surface area (Å²) >= 11 is 0. The molecule has 0 aromatic carbocycles. The van der Waals surface area contributed by atoms with E-state index in [2.05, 4.69) is 0 Å². The van der Waals surface area contributed by atoms with Crippen molar-refractivity contribution in [3.63, 3.8) is 0 Å². The molecule has 0 saturated carbocycles. The number of ether oxygens (including phenoxy) is 1. The topological polar surface area (TPSA) is 46.5 Å². The van der Waals surface area contributed by atoms with Crippen LogP contribution in [0.4, 0.5) is 0 Å². The first-order chi connectivity index (χ1) is 8.04. The van der Waals surface area contributed by atoms with E-state index in [4.69, 9.17) is 9.84 Å². The SMILES string of the molecule is CCC(C)(C)C(=O)OCCCCCCCCO. The van der Waals surface area contributed by atoms with Gasteiger partial charge in [-0.05, 0) is 33.1 Å². The Kier molecular flexibility index (Phi) is 9.14. The Bertz CT molecular complexity index is 200. The van der Waals surface area contributed by atoms with Crippen LogP contribution in [0.25, 0.3) is 0 Å². The van der Waals surface area contributed by atoms with E-state index < -0.39 is 0 Å².